The van der Waals surface area contributed by atoms with Gasteiger partial charge in [0.15, 0.2) is 0 Å². The summed E-state index contributed by atoms with van der Waals surface area (Å²) in [5.41, 5.74) is 0. The predicted octanol–water partition coefficient (Wildman–Crippen LogP) is 4.19. The highest BCUT2D eigenvalue weighted by Gasteiger charge is 2.38. The summed E-state index contributed by atoms with van der Waals surface area (Å²) in [6.07, 6.45) is 3.80. The first kappa shape index (κ1) is 15.2. The van der Waals surface area contributed by atoms with Gasteiger partial charge in [-0.2, -0.15) is 0 Å². The Kier molecular flexibility index (Phi) is 5.06. The van der Waals surface area contributed by atoms with Crippen LogP contribution in [-0.4, -0.2) is 25.1 Å². The molecule has 0 aliphatic carbocycles. The van der Waals surface area contributed by atoms with Gasteiger partial charge in [0.2, 0.25) is 0 Å². The molecule has 90 valence electrons. The Balaban J connectivity index is 4.68. The number of hydrogen-bond donors (Lipinski definition) is 0. The molecule has 0 aliphatic heterocycles. The van der Waals surface area contributed by atoms with Crippen molar-refractivity contribution in [3.8, 4) is 0 Å². The number of hydrogen-bond acceptors (Lipinski definition) is 1. The first-order chi connectivity index (χ1) is 6.49. The normalized spacial score (nSPS) is 14.4. The molecule has 0 unspecified atom stereocenters. The summed E-state index contributed by atoms with van der Waals surface area (Å²) >= 11 is 0. The summed E-state index contributed by atoms with van der Waals surface area (Å²) < 4.78 is 0. The van der Waals surface area contributed by atoms with Crippen molar-refractivity contribution in [1.82, 2.24) is 4.90 Å². The fraction of sp³-hybridized carbons (Fsp3) is 0.923. The molecular weight excluding hydrogens is 198 g/mol. The van der Waals surface area contributed by atoms with Crippen LogP contribution in [-0.2, 0) is 0 Å². The minimum atomic E-state index is -1.42. The van der Waals surface area contributed by atoms with E-state index in [0.717, 1.165) is 0 Å². The zero-order chi connectivity index (χ0) is 12.4. The largest absolute Gasteiger partial charge is 0.292 e. The van der Waals surface area contributed by atoms with Crippen LogP contribution >= 0.6 is 0 Å². The molecule has 0 spiro atoms. The molecule has 0 heterocycles. The van der Waals surface area contributed by atoms with Gasteiger partial charge >= 0.3 is 0 Å². The lowest BCUT2D eigenvalue weighted by molar-refractivity contribution is 0.237. The molecule has 0 atom stereocenters. The standard InChI is InChI=1S/C13H29NSi/c1-11(2)14(12(3)4)10-15(8,9)13(5,6)7/h11-12H,1-9H3. The molecule has 2 radical (unpaired) electrons. The van der Waals surface area contributed by atoms with Gasteiger partial charge in [0, 0.05) is 18.3 Å². The Morgan fingerprint density at radius 1 is 0.933 bits per heavy atom. The lowest BCUT2D eigenvalue weighted by Crippen LogP contribution is -2.48. The van der Waals surface area contributed by atoms with Gasteiger partial charge in [-0.1, -0.05) is 33.9 Å². The second-order valence-electron chi connectivity index (χ2n) is 6.58. The van der Waals surface area contributed by atoms with Crippen molar-refractivity contribution in [2.45, 2.75) is 78.7 Å². The average molecular weight is 227 g/mol. The Hall–Kier alpha value is 0.177. The molecule has 2 heteroatoms. The summed E-state index contributed by atoms with van der Waals surface area (Å²) in [5.74, 6) is 0. The molecule has 0 bridgehead atoms. The molecule has 0 aliphatic rings. The predicted molar refractivity (Wildman–Crippen MR) is 72.6 cm³/mol. The third kappa shape index (κ3) is 4.27. The lowest BCUT2D eigenvalue weighted by Gasteiger charge is -2.42. The molecular formula is C13H29NSi. The summed E-state index contributed by atoms with van der Waals surface area (Å²) in [5, 5.41) is 0.384. The molecule has 1 nitrogen and oxygen atoms in total. The van der Waals surface area contributed by atoms with Crippen molar-refractivity contribution < 1.29 is 0 Å². The van der Waals surface area contributed by atoms with Crippen LogP contribution in [0.15, 0.2) is 0 Å². The zero-order valence-electron chi connectivity index (χ0n) is 12.1. The maximum atomic E-state index is 3.80. The van der Waals surface area contributed by atoms with Crippen molar-refractivity contribution in [1.29, 1.82) is 0 Å². The van der Waals surface area contributed by atoms with Crippen molar-refractivity contribution >= 4 is 8.07 Å². The van der Waals surface area contributed by atoms with Crippen LogP contribution in [0.4, 0.5) is 0 Å². The van der Waals surface area contributed by atoms with E-state index in [9.17, 15) is 0 Å². The fourth-order valence-corrected chi connectivity index (χ4v) is 2.84. The van der Waals surface area contributed by atoms with Crippen LogP contribution in [0.3, 0.4) is 0 Å². The number of nitrogens with zero attached hydrogens (tertiary/aromatic N) is 1. The lowest BCUT2D eigenvalue weighted by atomic mass is 10.2. The second kappa shape index (κ2) is 5.01. The van der Waals surface area contributed by atoms with Gasteiger partial charge in [-0.05, 0) is 32.7 Å². The smallest absolute Gasteiger partial charge is 0.0802 e. The van der Waals surface area contributed by atoms with Gasteiger partial charge in [-0.15, -0.1) is 0 Å². The van der Waals surface area contributed by atoms with E-state index in [0.29, 0.717) is 17.1 Å². The molecule has 0 N–H and O–H groups in total. The van der Waals surface area contributed by atoms with Crippen molar-refractivity contribution in [2.24, 2.45) is 0 Å². The van der Waals surface area contributed by atoms with E-state index in [-0.39, 0.29) is 0 Å². The van der Waals surface area contributed by atoms with Crippen LogP contribution in [0.5, 0.6) is 0 Å². The summed E-state index contributed by atoms with van der Waals surface area (Å²) in [4.78, 5) is 2.40. The summed E-state index contributed by atoms with van der Waals surface area (Å²) in [6, 6.07) is 1.11. The topological polar surface area (TPSA) is 3.24 Å². The minimum absolute atomic E-state index is 0.384. The van der Waals surface area contributed by atoms with E-state index in [2.05, 4.69) is 72.6 Å². The number of rotatable bonds is 4. The molecule has 0 rings (SSSR count). The van der Waals surface area contributed by atoms with E-state index in [1.807, 2.05) is 0 Å². The monoisotopic (exact) mass is 227 g/mol. The van der Waals surface area contributed by atoms with E-state index < -0.39 is 8.07 Å². The van der Waals surface area contributed by atoms with Crippen molar-refractivity contribution in [3.05, 3.63) is 6.17 Å². The Labute approximate surface area is 98.3 Å². The summed E-state index contributed by atoms with van der Waals surface area (Å²) in [7, 11) is -1.42. The van der Waals surface area contributed by atoms with Gasteiger partial charge in [-0.3, -0.25) is 4.90 Å². The van der Waals surface area contributed by atoms with E-state index in [1.165, 1.54) is 0 Å². The maximum absolute atomic E-state index is 3.80. The Bertz CT molecular complexity index is 181. The van der Waals surface area contributed by atoms with Crippen molar-refractivity contribution in [2.75, 3.05) is 0 Å². The summed E-state index contributed by atoms with van der Waals surface area (Å²) in [6.45, 7) is 20.8. The van der Waals surface area contributed by atoms with Gasteiger partial charge in [0.05, 0.1) is 8.07 Å². The van der Waals surface area contributed by atoms with Crippen LogP contribution in [0, 0.1) is 6.17 Å². The maximum Gasteiger partial charge on any atom is 0.0802 e. The third-order valence-corrected chi connectivity index (χ3v) is 7.96. The quantitative estimate of drug-likeness (QED) is 0.514. The highest BCUT2D eigenvalue weighted by Crippen LogP contribution is 2.38. The first-order valence-corrected chi connectivity index (χ1v) is 9.05. The van der Waals surface area contributed by atoms with Gasteiger partial charge < -0.3 is 0 Å². The second-order valence-corrected chi connectivity index (χ2v) is 11.6. The molecule has 0 amide bonds. The zero-order valence-corrected chi connectivity index (χ0v) is 13.1. The van der Waals surface area contributed by atoms with E-state index >= 15 is 0 Å². The molecule has 0 saturated carbocycles. The molecule has 0 aromatic rings. The van der Waals surface area contributed by atoms with Crippen LogP contribution < -0.4 is 0 Å². The Morgan fingerprint density at radius 2 is 1.27 bits per heavy atom. The van der Waals surface area contributed by atoms with Crippen LogP contribution in [0.2, 0.25) is 18.1 Å². The fourth-order valence-electron chi connectivity index (χ4n) is 1.34. The van der Waals surface area contributed by atoms with Crippen molar-refractivity contribution in [3.63, 3.8) is 0 Å². The first-order valence-electron chi connectivity index (χ1n) is 6.05. The molecule has 0 fully saturated rings. The molecule has 0 aromatic carbocycles. The minimum Gasteiger partial charge on any atom is -0.292 e. The molecule has 0 saturated heterocycles. The highest BCUT2D eigenvalue weighted by molar-refractivity contribution is 6.83. The van der Waals surface area contributed by atoms with Gasteiger partial charge in [0.25, 0.3) is 0 Å². The van der Waals surface area contributed by atoms with E-state index in [4.69, 9.17) is 0 Å². The van der Waals surface area contributed by atoms with Crippen LogP contribution in [0.25, 0.3) is 0 Å². The SMILES string of the molecule is CC(C)N([C][Si](C)(C)C(C)(C)C)C(C)C. The molecule has 15 heavy (non-hydrogen) atoms. The van der Waals surface area contributed by atoms with Gasteiger partial charge in [0.1, 0.15) is 0 Å². The molecule has 0 aromatic heterocycles. The van der Waals surface area contributed by atoms with E-state index in [1.54, 1.807) is 0 Å². The Morgan fingerprint density at radius 3 is 1.47 bits per heavy atom. The third-order valence-electron chi connectivity index (χ3n) is 3.40. The van der Waals surface area contributed by atoms with Crippen LogP contribution in [0.1, 0.15) is 48.5 Å². The average Bonchev–Trinajstić information content (AvgIpc) is 1.96. The van der Waals surface area contributed by atoms with Gasteiger partial charge in [-0.25, -0.2) is 0 Å². The highest BCUT2D eigenvalue weighted by atomic mass is 28.3.